The first kappa shape index (κ1) is 15.6. The number of rotatable bonds is 5. The molecule has 1 N–H and O–H groups in total. The van der Waals surface area contributed by atoms with Crippen LogP contribution in [0.4, 0.5) is 13.6 Å². The quantitative estimate of drug-likeness (QED) is 0.601. The summed E-state index contributed by atoms with van der Waals surface area (Å²) in [5.74, 6) is -1.06. The molecule has 4 nitrogen and oxygen atoms in total. The van der Waals surface area contributed by atoms with Gasteiger partial charge in [0.25, 0.3) is 0 Å². The van der Waals surface area contributed by atoms with Crippen molar-refractivity contribution in [2.75, 3.05) is 13.1 Å². The molecule has 0 saturated carbocycles. The first-order valence-corrected chi connectivity index (χ1v) is 5.20. The SMILES string of the molecule is C=C(C)C(O)C(OC(=O)N(CC)CC)=C(F)F. The van der Waals surface area contributed by atoms with Crippen molar-refractivity contribution < 1.29 is 23.4 Å². The van der Waals surface area contributed by atoms with E-state index in [-0.39, 0.29) is 5.57 Å². The molecule has 0 aliphatic rings. The number of halogens is 2. The van der Waals surface area contributed by atoms with Crippen LogP contribution in [0.15, 0.2) is 24.0 Å². The van der Waals surface area contributed by atoms with Gasteiger partial charge in [-0.2, -0.15) is 8.78 Å². The number of ether oxygens (including phenoxy) is 1. The van der Waals surface area contributed by atoms with Crippen LogP contribution in [0.1, 0.15) is 20.8 Å². The van der Waals surface area contributed by atoms with Crippen LogP contribution in [-0.2, 0) is 4.74 Å². The van der Waals surface area contributed by atoms with E-state index in [2.05, 4.69) is 11.3 Å². The number of nitrogens with zero attached hydrogens (tertiary/aromatic N) is 1. The minimum absolute atomic E-state index is 0.0696. The highest BCUT2D eigenvalue weighted by atomic mass is 19.3. The highest BCUT2D eigenvalue weighted by Gasteiger charge is 2.24. The molecular formula is C11H17F2NO3. The van der Waals surface area contributed by atoms with Gasteiger partial charge in [-0.05, 0) is 26.3 Å². The molecule has 0 spiro atoms. The van der Waals surface area contributed by atoms with E-state index >= 15 is 0 Å². The molecule has 0 fully saturated rings. The maximum atomic E-state index is 12.5. The molecule has 0 aliphatic carbocycles. The van der Waals surface area contributed by atoms with E-state index < -0.39 is 24.0 Å². The zero-order chi connectivity index (χ0) is 13.6. The molecule has 17 heavy (non-hydrogen) atoms. The number of hydrogen-bond donors (Lipinski definition) is 1. The minimum Gasteiger partial charge on any atom is -0.406 e. The zero-order valence-electron chi connectivity index (χ0n) is 10.2. The first-order chi connectivity index (χ1) is 7.84. The van der Waals surface area contributed by atoms with Gasteiger partial charge < -0.3 is 14.7 Å². The summed E-state index contributed by atoms with van der Waals surface area (Å²) >= 11 is 0. The zero-order valence-corrected chi connectivity index (χ0v) is 10.2. The second kappa shape index (κ2) is 7.01. The molecule has 0 rings (SSSR count). The second-order valence-electron chi connectivity index (χ2n) is 3.41. The van der Waals surface area contributed by atoms with Crippen LogP contribution in [0, 0.1) is 0 Å². The first-order valence-electron chi connectivity index (χ1n) is 5.20. The lowest BCUT2D eigenvalue weighted by atomic mass is 10.2. The Kier molecular flexibility index (Phi) is 6.42. The van der Waals surface area contributed by atoms with E-state index in [1.54, 1.807) is 13.8 Å². The molecule has 0 bridgehead atoms. The molecule has 0 aliphatic heterocycles. The highest BCUT2D eigenvalue weighted by Crippen LogP contribution is 2.19. The Labute approximate surface area is 99.2 Å². The molecule has 98 valence electrons. The number of carbonyl (C=O) groups excluding carboxylic acids is 1. The van der Waals surface area contributed by atoms with Crippen molar-refractivity contribution in [3.8, 4) is 0 Å². The van der Waals surface area contributed by atoms with Gasteiger partial charge in [0.1, 0.15) is 6.10 Å². The predicted molar refractivity (Wildman–Crippen MR) is 59.5 cm³/mol. The van der Waals surface area contributed by atoms with Crippen molar-refractivity contribution in [1.82, 2.24) is 4.90 Å². The lowest BCUT2D eigenvalue weighted by Gasteiger charge is -2.20. The molecule has 0 aromatic rings. The van der Waals surface area contributed by atoms with E-state index in [1.807, 2.05) is 0 Å². The van der Waals surface area contributed by atoms with Crippen LogP contribution in [-0.4, -0.2) is 35.3 Å². The standard InChI is InChI=1S/C11H17F2NO3/c1-5-14(6-2)11(16)17-9(10(12)13)8(15)7(3)4/h8,15H,3,5-6H2,1-2,4H3. The molecule has 6 heteroatoms. The Morgan fingerprint density at radius 3 is 2.18 bits per heavy atom. The third-order valence-electron chi connectivity index (χ3n) is 2.12. The fraction of sp³-hybridized carbons (Fsp3) is 0.545. The van der Waals surface area contributed by atoms with Crippen molar-refractivity contribution in [2.24, 2.45) is 0 Å². The van der Waals surface area contributed by atoms with Gasteiger partial charge in [0.05, 0.1) is 0 Å². The third-order valence-corrected chi connectivity index (χ3v) is 2.12. The molecular weight excluding hydrogens is 232 g/mol. The Bertz CT molecular complexity index is 321. The fourth-order valence-corrected chi connectivity index (χ4v) is 1.06. The van der Waals surface area contributed by atoms with Crippen LogP contribution in [0.25, 0.3) is 0 Å². The van der Waals surface area contributed by atoms with Crippen molar-refractivity contribution >= 4 is 6.09 Å². The van der Waals surface area contributed by atoms with E-state index in [9.17, 15) is 18.7 Å². The number of amides is 1. The van der Waals surface area contributed by atoms with Gasteiger partial charge in [-0.1, -0.05) is 6.58 Å². The molecule has 1 atom stereocenters. The average molecular weight is 249 g/mol. The molecule has 1 amide bonds. The van der Waals surface area contributed by atoms with Gasteiger partial charge in [-0.25, -0.2) is 4.79 Å². The smallest absolute Gasteiger partial charge is 0.406 e. The normalized spacial score (nSPS) is 11.6. The lowest BCUT2D eigenvalue weighted by Crippen LogP contribution is -2.32. The number of hydrogen-bond acceptors (Lipinski definition) is 3. The largest absolute Gasteiger partial charge is 0.415 e. The molecule has 0 aromatic heterocycles. The van der Waals surface area contributed by atoms with Gasteiger partial charge in [0.15, 0.2) is 0 Å². The Morgan fingerprint density at radius 2 is 1.88 bits per heavy atom. The summed E-state index contributed by atoms with van der Waals surface area (Å²) in [5, 5.41) is 9.40. The van der Waals surface area contributed by atoms with Crippen LogP contribution in [0.3, 0.4) is 0 Å². The Morgan fingerprint density at radius 1 is 1.41 bits per heavy atom. The Balaban J connectivity index is 4.87. The van der Waals surface area contributed by atoms with E-state index in [4.69, 9.17) is 0 Å². The molecule has 0 radical (unpaired) electrons. The van der Waals surface area contributed by atoms with E-state index in [0.29, 0.717) is 13.1 Å². The van der Waals surface area contributed by atoms with Gasteiger partial charge >= 0.3 is 12.2 Å². The minimum atomic E-state index is -2.24. The van der Waals surface area contributed by atoms with Gasteiger partial charge in [-0.3, -0.25) is 0 Å². The van der Waals surface area contributed by atoms with Crippen molar-refractivity contribution in [3.63, 3.8) is 0 Å². The predicted octanol–water partition coefficient (Wildman–Crippen LogP) is 2.51. The summed E-state index contributed by atoms with van der Waals surface area (Å²) in [6.45, 7) is 8.73. The second-order valence-corrected chi connectivity index (χ2v) is 3.41. The van der Waals surface area contributed by atoms with Crippen LogP contribution >= 0.6 is 0 Å². The van der Waals surface area contributed by atoms with Gasteiger partial charge in [0.2, 0.25) is 5.76 Å². The van der Waals surface area contributed by atoms with Crippen LogP contribution < -0.4 is 0 Å². The van der Waals surface area contributed by atoms with Crippen molar-refractivity contribution in [1.29, 1.82) is 0 Å². The summed E-state index contributed by atoms with van der Waals surface area (Å²) in [7, 11) is 0. The maximum Gasteiger partial charge on any atom is 0.415 e. The van der Waals surface area contributed by atoms with E-state index in [1.165, 1.54) is 11.8 Å². The summed E-state index contributed by atoms with van der Waals surface area (Å²) in [6.07, 6.45) is -4.83. The number of carbonyl (C=O) groups is 1. The molecule has 0 heterocycles. The van der Waals surface area contributed by atoms with Crippen molar-refractivity contribution in [3.05, 3.63) is 24.0 Å². The summed E-state index contributed by atoms with van der Waals surface area (Å²) < 4.78 is 29.5. The Hall–Kier alpha value is -1.43. The monoisotopic (exact) mass is 249 g/mol. The van der Waals surface area contributed by atoms with Gasteiger partial charge in [-0.15, -0.1) is 0 Å². The molecule has 1 unspecified atom stereocenters. The topological polar surface area (TPSA) is 49.8 Å². The molecule has 0 saturated heterocycles. The summed E-state index contributed by atoms with van der Waals surface area (Å²) in [5.41, 5.74) is 0.0696. The lowest BCUT2D eigenvalue weighted by molar-refractivity contribution is 0.0942. The summed E-state index contributed by atoms with van der Waals surface area (Å²) in [4.78, 5) is 12.7. The number of aliphatic hydroxyl groups excluding tert-OH is 1. The summed E-state index contributed by atoms with van der Waals surface area (Å²) in [6, 6.07) is 0. The highest BCUT2D eigenvalue weighted by molar-refractivity contribution is 5.69. The fourth-order valence-electron chi connectivity index (χ4n) is 1.06. The number of aliphatic hydroxyl groups is 1. The van der Waals surface area contributed by atoms with Crippen LogP contribution in [0.2, 0.25) is 0 Å². The van der Waals surface area contributed by atoms with Gasteiger partial charge in [0, 0.05) is 13.1 Å². The van der Waals surface area contributed by atoms with Crippen molar-refractivity contribution in [2.45, 2.75) is 26.9 Å². The maximum absolute atomic E-state index is 12.5. The average Bonchev–Trinajstić information content (AvgIpc) is 2.26. The van der Waals surface area contributed by atoms with Crippen LogP contribution in [0.5, 0.6) is 0 Å². The molecule has 0 aromatic carbocycles. The third kappa shape index (κ3) is 4.52. The van der Waals surface area contributed by atoms with E-state index in [0.717, 1.165) is 0 Å².